The fraction of sp³-hybridized carbons (Fsp3) is 0.667. The molecule has 0 saturated heterocycles. The van der Waals surface area contributed by atoms with Crippen molar-refractivity contribution in [1.82, 2.24) is 9.13 Å². The number of hydrogen-bond donors (Lipinski definition) is 0. The smallest absolute Gasteiger partial charge is 0.301 e. The van der Waals surface area contributed by atoms with Gasteiger partial charge in [0, 0.05) is 25.4 Å². The lowest BCUT2D eigenvalue weighted by atomic mass is 9.88. The molecule has 1 aromatic rings. The van der Waals surface area contributed by atoms with Gasteiger partial charge in [-0.2, -0.15) is 0 Å². The predicted octanol–water partition coefficient (Wildman–Crippen LogP) is 0.981. The van der Waals surface area contributed by atoms with Gasteiger partial charge in [0.2, 0.25) is 0 Å². The van der Waals surface area contributed by atoms with Crippen LogP contribution in [0.2, 0.25) is 0 Å². The minimum atomic E-state index is -0.264. The molecule has 0 saturated carbocycles. The van der Waals surface area contributed by atoms with E-state index in [4.69, 9.17) is 0 Å². The van der Waals surface area contributed by atoms with Crippen molar-refractivity contribution >= 4 is 0 Å². The third kappa shape index (κ3) is 2.26. The Hall–Kier alpha value is -1.32. The monoisotopic (exact) mass is 224 g/mol. The molecule has 4 nitrogen and oxygen atoms in total. The molecule has 1 aromatic heterocycles. The molecule has 0 aliphatic rings. The molecule has 0 bridgehead atoms. The number of hydrogen-bond acceptors (Lipinski definition) is 2. The van der Waals surface area contributed by atoms with Crippen LogP contribution < -0.4 is 11.2 Å². The van der Waals surface area contributed by atoms with Gasteiger partial charge < -0.3 is 4.57 Å². The summed E-state index contributed by atoms with van der Waals surface area (Å²) >= 11 is 0. The van der Waals surface area contributed by atoms with E-state index in [2.05, 4.69) is 20.8 Å². The van der Waals surface area contributed by atoms with E-state index in [1.54, 1.807) is 7.05 Å². The molecule has 0 fully saturated rings. The summed E-state index contributed by atoms with van der Waals surface area (Å²) in [7, 11) is 3.22. The normalized spacial score (nSPS) is 11.9. The van der Waals surface area contributed by atoms with Crippen molar-refractivity contribution < 1.29 is 0 Å². The lowest BCUT2D eigenvalue weighted by molar-refractivity contribution is 0.403. The lowest BCUT2D eigenvalue weighted by Gasteiger charge is -2.20. The predicted molar refractivity (Wildman–Crippen MR) is 64.8 cm³/mol. The molecule has 0 unspecified atom stereocenters. The number of rotatable bonds is 1. The summed E-state index contributed by atoms with van der Waals surface area (Å²) in [6.45, 7) is 8.06. The van der Waals surface area contributed by atoms with E-state index >= 15 is 0 Å². The lowest BCUT2D eigenvalue weighted by Crippen LogP contribution is -2.41. The maximum Gasteiger partial charge on any atom is 0.330 e. The van der Waals surface area contributed by atoms with Gasteiger partial charge in [-0.05, 0) is 18.8 Å². The molecule has 0 spiro atoms. The molecule has 0 radical (unpaired) electrons. The van der Waals surface area contributed by atoms with Crippen LogP contribution in [0, 0.1) is 12.3 Å². The van der Waals surface area contributed by atoms with Gasteiger partial charge >= 0.3 is 5.69 Å². The third-order valence-electron chi connectivity index (χ3n) is 2.78. The fourth-order valence-corrected chi connectivity index (χ4v) is 1.75. The second-order valence-electron chi connectivity index (χ2n) is 5.51. The molecule has 0 N–H and O–H groups in total. The molecule has 0 amide bonds. The van der Waals surface area contributed by atoms with Crippen LogP contribution in [0.25, 0.3) is 0 Å². The summed E-state index contributed by atoms with van der Waals surface area (Å²) in [6.07, 6.45) is 0.680. The van der Waals surface area contributed by atoms with Gasteiger partial charge in [0.15, 0.2) is 0 Å². The Labute approximate surface area is 95.5 Å². The molecule has 0 aliphatic carbocycles. The largest absolute Gasteiger partial charge is 0.330 e. The first-order valence-electron chi connectivity index (χ1n) is 5.40. The third-order valence-corrected chi connectivity index (χ3v) is 2.78. The summed E-state index contributed by atoms with van der Waals surface area (Å²) in [5, 5.41) is 0. The molecule has 0 aliphatic heterocycles. The Morgan fingerprint density at radius 1 is 1.06 bits per heavy atom. The summed E-state index contributed by atoms with van der Waals surface area (Å²) in [5.41, 5.74) is 1.10. The van der Waals surface area contributed by atoms with E-state index in [0.29, 0.717) is 6.42 Å². The van der Waals surface area contributed by atoms with Gasteiger partial charge in [-0.3, -0.25) is 9.36 Å². The van der Waals surface area contributed by atoms with Crippen LogP contribution in [0.1, 0.15) is 32.0 Å². The van der Waals surface area contributed by atoms with Crippen molar-refractivity contribution in [1.29, 1.82) is 0 Å². The second-order valence-corrected chi connectivity index (χ2v) is 5.51. The van der Waals surface area contributed by atoms with Crippen molar-refractivity contribution in [3.05, 3.63) is 32.1 Å². The maximum atomic E-state index is 12.0. The first-order valence-corrected chi connectivity index (χ1v) is 5.40. The minimum Gasteiger partial charge on any atom is -0.301 e. The van der Waals surface area contributed by atoms with Crippen LogP contribution in [-0.4, -0.2) is 9.13 Å². The van der Waals surface area contributed by atoms with Gasteiger partial charge in [-0.25, -0.2) is 4.79 Å². The van der Waals surface area contributed by atoms with Crippen molar-refractivity contribution in [2.45, 2.75) is 34.1 Å². The highest BCUT2D eigenvalue weighted by molar-refractivity contribution is 5.18. The summed E-state index contributed by atoms with van der Waals surface area (Å²) < 4.78 is 2.70. The minimum absolute atomic E-state index is 0.0360. The molecule has 0 atom stereocenters. The Kier molecular flexibility index (Phi) is 3.13. The molecule has 0 aromatic carbocycles. The zero-order chi connectivity index (χ0) is 12.7. The van der Waals surface area contributed by atoms with Crippen LogP contribution in [0.5, 0.6) is 0 Å². The van der Waals surface area contributed by atoms with Gasteiger partial charge in [-0.15, -0.1) is 0 Å². The van der Waals surface area contributed by atoms with Crippen LogP contribution in [-0.2, 0) is 20.5 Å². The van der Waals surface area contributed by atoms with E-state index in [-0.39, 0.29) is 16.7 Å². The van der Waals surface area contributed by atoms with E-state index in [9.17, 15) is 9.59 Å². The zero-order valence-corrected chi connectivity index (χ0v) is 10.9. The number of nitrogens with zero attached hydrogens (tertiary/aromatic N) is 2. The van der Waals surface area contributed by atoms with Crippen LogP contribution in [0.4, 0.5) is 0 Å². The number of aromatic nitrogens is 2. The molecule has 90 valence electrons. The standard InChI is InChI=1S/C12H20N2O2/c1-8-9(7-12(2,3)4)10(15)14(6)11(16)13(8)5/h7H2,1-6H3. The van der Waals surface area contributed by atoms with Crippen LogP contribution in [0.3, 0.4) is 0 Å². The highest BCUT2D eigenvalue weighted by Gasteiger charge is 2.18. The summed E-state index contributed by atoms with van der Waals surface area (Å²) in [5.74, 6) is 0. The van der Waals surface area contributed by atoms with E-state index in [1.807, 2.05) is 6.92 Å². The topological polar surface area (TPSA) is 44.0 Å². The summed E-state index contributed by atoms with van der Waals surface area (Å²) in [4.78, 5) is 23.6. The summed E-state index contributed by atoms with van der Waals surface area (Å²) in [6, 6.07) is 0. The van der Waals surface area contributed by atoms with Crippen molar-refractivity contribution in [2.75, 3.05) is 0 Å². The van der Waals surface area contributed by atoms with Crippen molar-refractivity contribution in [2.24, 2.45) is 19.5 Å². The molecular formula is C12H20N2O2. The van der Waals surface area contributed by atoms with Gasteiger partial charge in [0.1, 0.15) is 0 Å². The van der Waals surface area contributed by atoms with Crippen molar-refractivity contribution in [3.8, 4) is 0 Å². The first kappa shape index (κ1) is 12.7. The molecule has 1 rings (SSSR count). The molecule has 16 heavy (non-hydrogen) atoms. The highest BCUT2D eigenvalue weighted by atomic mass is 16.2. The van der Waals surface area contributed by atoms with Gasteiger partial charge in [0.05, 0.1) is 0 Å². The highest BCUT2D eigenvalue weighted by Crippen LogP contribution is 2.19. The molecule has 1 heterocycles. The fourth-order valence-electron chi connectivity index (χ4n) is 1.75. The van der Waals surface area contributed by atoms with E-state index < -0.39 is 0 Å². The van der Waals surface area contributed by atoms with Crippen LogP contribution >= 0.6 is 0 Å². The zero-order valence-electron chi connectivity index (χ0n) is 10.9. The van der Waals surface area contributed by atoms with E-state index in [1.165, 1.54) is 16.2 Å². The second kappa shape index (κ2) is 3.92. The van der Waals surface area contributed by atoms with E-state index in [0.717, 1.165) is 11.3 Å². The Morgan fingerprint density at radius 3 is 2.00 bits per heavy atom. The maximum absolute atomic E-state index is 12.0. The van der Waals surface area contributed by atoms with Gasteiger partial charge in [0.25, 0.3) is 5.56 Å². The quantitative estimate of drug-likeness (QED) is 0.713. The Balaban J connectivity index is 3.53. The van der Waals surface area contributed by atoms with Crippen molar-refractivity contribution in [3.63, 3.8) is 0 Å². The van der Waals surface area contributed by atoms with Crippen LogP contribution in [0.15, 0.2) is 9.59 Å². The Morgan fingerprint density at radius 2 is 1.56 bits per heavy atom. The average Bonchev–Trinajstić information content (AvgIpc) is 2.17. The van der Waals surface area contributed by atoms with Gasteiger partial charge in [-0.1, -0.05) is 20.8 Å². The first-order chi connectivity index (χ1) is 7.15. The average molecular weight is 224 g/mol. The SMILES string of the molecule is Cc1c(CC(C)(C)C)c(=O)n(C)c(=O)n1C. The molecular weight excluding hydrogens is 204 g/mol. The Bertz CT molecular complexity index is 516. The molecule has 4 heteroatoms.